The monoisotopic (exact) mass is 337 g/mol. The van der Waals surface area contributed by atoms with Gasteiger partial charge in [0.05, 0.1) is 5.56 Å². The molecule has 25 heavy (non-hydrogen) atoms. The summed E-state index contributed by atoms with van der Waals surface area (Å²) in [5.41, 5.74) is 10.5. The van der Waals surface area contributed by atoms with Crippen molar-refractivity contribution < 1.29 is 4.79 Å². The molecular weight excluding hydrogens is 310 g/mol. The molecule has 4 heteroatoms. The molecule has 1 fully saturated rings. The molecule has 3 rings (SSSR count). The number of nitrogens with two attached hydrogens (primary N) is 1. The number of hydrogen-bond acceptors (Lipinski definition) is 3. The van der Waals surface area contributed by atoms with Crippen LogP contribution in [0.5, 0.6) is 0 Å². The molecule has 2 aromatic carbocycles. The molecule has 0 atom stereocenters. The summed E-state index contributed by atoms with van der Waals surface area (Å²) in [5.74, 6) is 0.115. The number of amides is 1. The van der Waals surface area contributed by atoms with E-state index in [0.29, 0.717) is 17.5 Å². The second-order valence-electron chi connectivity index (χ2n) is 7.07. The maximum Gasteiger partial charge on any atom is 0.250 e. The average molecular weight is 337 g/mol. The predicted molar refractivity (Wildman–Crippen MR) is 104 cm³/mol. The molecule has 4 nitrogen and oxygen atoms in total. The number of piperidine rings is 1. The van der Waals surface area contributed by atoms with E-state index in [9.17, 15) is 4.79 Å². The summed E-state index contributed by atoms with van der Waals surface area (Å²) in [6.07, 6.45) is 2.10. The molecule has 1 aliphatic rings. The van der Waals surface area contributed by atoms with E-state index in [1.165, 1.54) is 5.56 Å². The highest BCUT2D eigenvalue weighted by atomic mass is 16.1. The zero-order valence-electron chi connectivity index (χ0n) is 15.0. The first-order valence-electron chi connectivity index (χ1n) is 9.06. The molecule has 1 aliphatic heterocycles. The molecule has 2 aromatic rings. The fourth-order valence-corrected chi connectivity index (χ4v) is 3.30. The van der Waals surface area contributed by atoms with Crippen molar-refractivity contribution >= 4 is 11.6 Å². The van der Waals surface area contributed by atoms with Crippen LogP contribution in [0.1, 0.15) is 48.5 Å². The first-order valence-corrected chi connectivity index (χ1v) is 9.06. The molecular formula is C21H27N3O. The van der Waals surface area contributed by atoms with E-state index in [2.05, 4.69) is 54.8 Å². The van der Waals surface area contributed by atoms with Crippen molar-refractivity contribution in [1.82, 2.24) is 5.32 Å². The van der Waals surface area contributed by atoms with Gasteiger partial charge in [0.1, 0.15) is 0 Å². The molecule has 4 N–H and O–H groups in total. The molecule has 0 aliphatic carbocycles. The largest absolute Gasteiger partial charge is 0.382 e. The Hall–Kier alpha value is -2.33. The molecule has 0 saturated carbocycles. The number of carbonyl (C=O) groups is 1. The van der Waals surface area contributed by atoms with Crippen LogP contribution in [0.4, 0.5) is 5.69 Å². The van der Waals surface area contributed by atoms with Crippen LogP contribution in [0.25, 0.3) is 11.1 Å². The van der Waals surface area contributed by atoms with E-state index in [1.54, 1.807) is 0 Å². The van der Waals surface area contributed by atoms with E-state index in [0.717, 1.165) is 42.7 Å². The van der Waals surface area contributed by atoms with Gasteiger partial charge < -0.3 is 16.4 Å². The third-order valence-corrected chi connectivity index (χ3v) is 4.89. The van der Waals surface area contributed by atoms with E-state index in [1.807, 2.05) is 12.1 Å². The average Bonchev–Trinajstić information content (AvgIpc) is 2.63. The first-order chi connectivity index (χ1) is 12.0. The predicted octanol–water partition coefficient (Wildman–Crippen LogP) is 3.74. The minimum absolute atomic E-state index is 0.385. The van der Waals surface area contributed by atoms with E-state index in [-0.39, 0.29) is 0 Å². The third-order valence-electron chi connectivity index (χ3n) is 4.89. The number of nitrogens with one attached hydrogen (secondary N) is 2. The molecule has 0 unspecified atom stereocenters. The molecule has 0 spiro atoms. The number of rotatable bonds is 5. The van der Waals surface area contributed by atoms with E-state index in [4.69, 9.17) is 5.73 Å². The van der Waals surface area contributed by atoms with Crippen molar-refractivity contribution in [2.45, 2.75) is 38.6 Å². The van der Waals surface area contributed by atoms with Crippen LogP contribution in [0.2, 0.25) is 0 Å². The van der Waals surface area contributed by atoms with Gasteiger partial charge in [0.2, 0.25) is 0 Å². The van der Waals surface area contributed by atoms with Crippen molar-refractivity contribution in [2.75, 3.05) is 18.4 Å². The highest BCUT2D eigenvalue weighted by Gasteiger charge is 2.16. The van der Waals surface area contributed by atoms with Gasteiger partial charge in [-0.05, 0) is 60.7 Å². The van der Waals surface area contributed by atoms with Gasteiger partial charge >= 0.3 is 0 Å². The number of benzene rings is 2. The number of carbonyl (C=O) groups excluding carboxylic acids is 1. The molecule has 0 bridgehead atoms. The Morgan fingerprint density at radius 2 is 1.72 bits per heavy atom. The molecule has 132 valence electrons. The van der Waals surface area contributed by atoms with Gasteiger partial charge in [-0.3, -0.25) is 4.79 Å². The lowest BCUT2D eigenvalue weighted by Gasteiger charge is -2.25. The van der Waals surface area contributed by atoms with Gasteiger partial charge in [-0.25, -0.2) is 0 Å². The molecule has 0 aromatic heterocycles. The number of hydrogen-bond donors (Lipinski definition) is 3. The van der Waals surface area contributed by atoms with E-state index >= 15 is 0 Å². The quantitative estimate of drug-likeness (QED) is 0.778. The fraction of sp³-hybridized carbons (Fsp3) is 0.381. The minimum Gasteiger partial charge on any atom is -0.382 e. The smallest absolute Gasteiger partial charge is 0.250 e. The molecule has 1 amide bonds. The Morgan fingerprint density at radius 3 is 2.32 bits per heavy atom. The summed E-state index contributed by atoms with van der Waals surface area (Å²) in [6.45, 7) is 6.37. The first kappa shape index (κ1) is 17.5. The molecule has 0 radical (unpaired) electrons. The van der Waals surface area contributed by atoms with E-state index < -0.39 is 5.91 Å². The Morgan fingerprint density at radius 1 is 1.08 bits per heavy atom. The summed E-state index contributed by atoms with van der Waals surface area (Å²) < 4.78 is 0. The summed E-state index contributed by atoms with van der Waals surface area (Å²) in [4.78, 5) is 12.0. The lowest BCUT2D eigenvalue weighted by atomic mass is 9.97. The van der Waals surface area contributed by atoms with Gasteiger partial charge in [0.25, 0.3) is 5.91 Å². The van der Waals surface area contributed by atoms with Crippen molar-refractivity contribution in [1.29, 1.82) is 0 Å². The minimum atomic E-state index is -0.392. The van der Waals surface area contributed by atoms with Crippen molar-refractivity contribution in [3.8, 4) is 11.1 Å². The van der Waals surface area contributed by atoms with Crippen molar-refractivity contribution in [3.63, 3.8) is 0 Å². The van der Waals surface area contributed by atoms with Gasteiger partial charge in [0, 0.05) is 11.7 Å². The Kier molecular flexibility index (Phi) is 5.39. The van der Waals surface area contributed by atoms with Crippen LogP contribution in [0.3, 0.4) is 0 Å². The Balaban J connectivity index is 1.86. The highest BCUT2D eigenvalue weighted by molar-refractivity contribution is 6.00. The normalized spacial score (nSPS) is 15.3. The van der Waals surface area contributed by atoms with Crippen molar-refractivity contribution in [2.24, 2.45) is 5.73 Å². The van der Waals surface area contributed by atoms with Gasteiger partial charge in [0.15, 0.2) is 0 Å². The van der Waals surface area contributed by atoms with Crippen LogP contribution in [-0.4, -0.2) is 25.0 Å². The standard InChI is InChI=1S/C21H27N3O/c1-14(2)15-3-5-16(6-4-15)17-7-8-20(19(13-17)21(22)25)24-18-9-11-23-12-10-18/h3-8,13-14,18,23-24H,9-12H2,1-2H3,(H2,22,25). The maximum atomic E-state index is 12.0. The SMILES string of the molecule is CC(C)c1ccc(-c2ccc(NC3CCNCC3)c(C(N)=O)c2)cc1. The van der Waals surface area contributed by atoms with Crippen LogP contribution >= 0.6 is 0 Å². The third kappa shape index (κ3) is 4.20. The highest BCUT2D eigenvalue weighted by Crippen LogP contribution is 2.27. The lowest BCUT2D eigenvalue weighted by Crippen LogP contribution is -2.35. The Labute approximate surface area is 149 Å². The van der Waals surface area contributed by atoms with Crippen LogP contribution < -0.4 is 16.4 Å². The van der Waals surface area contributed by atoms with Gasteiger partial charge in [-0.2, -0.15) is 0 Å². The number of anilines is 1. The van der Waals surface area contributed by atoms with Crippen molar-refractivity contribution in [3.05, 3.63) is 53.6 Å². The summed E-state index contributed by atoms with van der Waals surface area (Å²) in [7, 11) is 0. The molecule has 1 heterocycles. The lowest BCUT2D eigenvalue weighted by molar-refractivity contribution is 0.100. The fourth-order valence-electron chi connectivity index (χ4n) is 3.30. The second-order valence-corrected chi connectivity index (χ2v) is 7.07. The zero-order valence-corrected chi connectivity index (χ0v) is 15.0. The summed E-state index contributed by atoms with van der Waals surface area (Å²) in [6, 6.07) is 14.8. The van der Waals surface area contributed by atoms with Gasteiger partial charge in [-0.15, -0.1) is 0 Å². The van der Waals surface area contributed by atoms with Crippen LogP contribution in [-0.2, 0) is 0 Å². The zero-order chi connectivity index (χ0) is 17.8. The second kappa shape index (κ2) is 7.70. The van der Waals surface area contributed by atoms with Crippen LogP contribution in [0.15, 0.2) is 42.5 Å². The topological polar surface area (TPSA) is 67.2 Å². The molecule has 1 saturated heterocycles. The maximum absolute atomic E-state index is 12.0. The van der Waals surface area contributed by atoms with Gasteiger partial charge in [-0.1, -0.05) is 44.2 Å². The van der Waals surface area contributed by atoms with Crippen LogP contribution in [0, 0.1) is 0 Å². The Bertz CT molecular complexity index is 731. The summed E-state index contributed by atoms with van der Waals surface area (Å²) in [5, 5.41) is 6.84. The summed E-state index contributed by atoms with van der Waals surface area (Å²) >= 11 is 0. The number of primary amides is 1.